The lowest BCUT2D eigenvalue weighted by atomic mass is 10.1. The molecule has 1 aromatic carbocycles. The molecule has 0 heterocycles. The molecule has 0 aliphatic rings. The molecule has 0 bridgehead atoms. The molecule has 0 saturated heterocycles. The number of halogens is 1. The molecule has 4 nitrogen and oxygen atoms in total. The van der Waals surface area contributed by atoms with Gasteiger partial charge < -0.3 is 15.7 Å². The third kappa shape index (κ3) is 3.71. The van der Waals surface area contributed by atoms with E-state index in [-0.39, 0.29) is 18.5 Å². The highest BCUT2D eigenvalue weighted by Crippen LogP contribution is 2.30. The number of aliphatic hydroxyl groups is 1. The maximum absolute atomic E-state index is 11.2. The van der Waals surface area contributed by atoms with Crippen LogP contribution in [0.3, 0.4) is 0 Å². The van der Waals surface area contributed by atoms with Crippen molar-refractivity contribution in [2.24, 2.45) is 5.73 Å². The monoisotopic (exact) mass is 314 g/mol. The van der Waals surface area contributed by atoms with Crippen LogP contribution in [-0.2, 0) is 4.79 Å². The van der Waals surface area contributed by atoms with Gasteiger partial charge in [-0.2, -0.15) is 0 Å². The van der Waals surface area contributed by atoms with Gasteiger partial charge in [0.2, 0.25) is 5.91 Å². The second-order valence-electron chi connectivity index (χ2n) is 4.57. The average molecular weight is 315 g/mol. The molecule has 0 aliphatic carbocycles. The Bertz CT molecular complexity index is 433. The number of amides is 1. The van der Waals surface area contributed by atoms with Crippen LogP contribution in [-0.4, -0.2) is 23.6 Å². The summed E-state index contributed by atoms with van der Waals surface area (Å²) < 4.78 is 0.900. The molecule has 5 heteroatoms. The fraction of sp³-hybridized carbons (Fsp3) is 0.462. The predicted molar refractivity (Wildman–Crippen MR) is 76.5 cm³/mol. The molecule has 1 unspecified atom stereocenters. The Morgan fingerprint density at radius 2 is 2.06 bits per heavy atom. The summed E-state index contributed by atoms with van der Waals surface area (Å²) >= 11 is 3.40. The first-order valence-corrected chi connectivity index (χ1v) is 6.64. The van der Waals surface area contributed by atoms with E-state index in [1.54, 1.807) is 6.92 Å². The minimum Gasteiger partial charge on any atom is -0.389 e. The van der Waals surface area contributed by atoms with Crippen molar-refractivity contribution >= 4 is 27.5 Å². The molecule has 0 fully saturated rings. The van der Waals surface area contributed by atoms with Crippen LogP contribution < -0.4 is 10.6 Å². The van der Waals surface area contributed by atoms with Gasteiger partial charge in [-0.3, -0.25) is 4.79 Å². The largest absolute Gasteiger partial charge is 0.389 e. The van der Waals surface area contributed by atoms with Crippen LogP contribution in [0, 0.1) is 0 Å². The number of anilines is 1. The van der Waals surface area contributed by atoms with Gasteiger partial charge in [-0.15, -0.1) is 0 Å². The van der Waals surface area contributed by atoms with E-state index in [4.69, 9.17) is 5.73 Å². The summed E-state index contributed by atoms with van der Waals surface area (Å²) in [6.07, 6.45) is -0.595. The van der Waals surface area contributed by atoms with E-state index in [1.807, 2.05) is 36.9 Å². The van der Waals surface area contributed by atoms with Crippen molar-refractivity contribution in [3.05, 3.63) is 28.2 Å². The molecule has 0 aromatic heterocycles. The van der Waals surface area contributed by atoms with Crippen molar-refractivity contribution in [1.82, 2.24) is 0 Å². The molecule has 0 radical (unpaired) electrons. The number of nitrogens with two attached hydrogens (primary N) is 1. The van der Waals surface area contributed by atoms with Gasteiger partial charge in [0.05, 0.1) is 12.6 Å². The summed E-state index contributed by atoms with van der Waals surface area (Å²) in [5, 5.41) is 9.80. The summed E-state index contributed by atoms with van der Waals surface area (Å²) in [6, 6.07) is 5.73. The molecule has 100 valence electrons. The number of carbonyl (C=O) groups excluding carboxylic acids is 1. The smallest absolute Gasteiger partial charge is 0.236 e. The normalized spacial score (nSPS) is 12.6. The fourth-order valence-corrected chi connectivity index (χ4v) is 2.18. The van der Waals surface area contributed by atoms with Gasteiger partial charge in [0.1, 0.15) is 0 Å². The Kier molecular flexibility index (Phi) is 5.16. The molecule has 18 heavy (non-hydrogen) atoms. The summed E-state index contributed by atoms with van der Waals surface area (Å²) in [6.45, 7) is 5.80. The molecular weight excluding hydrogens is 296 g/mol. The molecule has 3 N–H and O–H groups in total. The maximum atomic E-state index is 11.2. The summed E-state index contributed by atoms with van der Waals surface area (Å²) in [5.41, 5.74) is 6.89. The van der Waals surface area contributed by atoms with Gasteiger partial charge in [-0.1, -0.05) is 22.0 Å². The molecule has 0 spiro atoms. The zero-order valence-corrected chi connectivity index (χ0v) is 12.4. The summed E-state index contributed by atoms with van der Waals surface area (Å²) in [4.78, 5) is 13.0. The highest BCUT2D eigenvalue weighted by molar-refractivity contribution is 9.10. The first kappa shape index (κ1) is 15.0. The molecule has 1 aromatic rings. The lowest BCUT2D eigenvalue weighted by molar-refractivity contribution is -0.116. The number of hydrogen-bond acceptors (Lipinski definition) is 3. The number of nitrogens with zero attached hydrogens (tertiary/aromatic N) is 1. The van der Waals surface area contributed by atoms with Crippen molar-refractivity contribution in [1.29, 1.82) is 0 Å². The van der Waals surface area contributed by atoms with Crippen molar-refractivity contribution in [3.63, 3.8) is 0 Å². The number of carbonyl (C=O) groups is 1. The van der Waals surface area contributed by atoms with Gasteiger partial charge in [0, 0.05) is 21.8 Å². The number of hydrogen-bond donors (Lipinski definition) is 2. The molecule has 0 saturated carbocycles. The van der Waals surface area contributed by atoms with Crippen LogP contribution in [0.1, 0.15) is 32.4 Å². The van der Waals surface area contributed by atoms with Crippen LogP contribution in [0.15, 0.2) is 22.7 Å². The van der Waals surface area contributed by atoms with E-state index >= 15 is 0 Å². The first-order chi connectivity index (χ1) is 8.32. The minimum absolute atomic E-state index is 0.115. The van der Waals surface area contributed by atoms with Crippen LogP contribution in [0.5, 0.6) is 0 Å². The Morgan fingerprint density at radius 1 is 1.44 bits per heavy atom. The van der Waals surface area contributed by atoms with E-state index < -0.39 is 6.10 Å². The van der Waals surface area contributed by atoms with Crippen LogP contribution in [0.4, 0.5) is 5.69 Å². The van der Waals surface area contributed by atoms with Crippen molar-refractivity contribution in [2.45, 2.75) is 32.9 Å². The average Bonchev–Trinajstić information content (AvgIpc) is 2.24. The lowest BCUT2D eigenvalue weighted by Gasteiger charge is -2.30. The van der Waals surface area contributed by atoms with E-state index in [2.05, 4.69) is 15.9 Å². The SMILES string of the molecule is CC(O)c1ccc(Br)cc1N(CC(N)=O)C(C)C. The quantitative estimate of drug-likeness (QED) is 0.875. The van der Waals surface area contributed by atoms with E-state index in [0.29, 0.717) is 0 Å². The Morgan fingerprint density at radius 3 is 2.50 bits per heavy atom. The molecule has 0 aliphatic heterocycles. The third-order valence-corrected chi connectivity index (χ3v) is 3.19. The van der Waals surface area contributed by atoms with Crippen LogP contribution >= 0.6 is 15.9 Å². The van der Waals surface area contributed by atoms with Gasteiger partial charge in [-0.05, 0) is 32.9 Å². The van der Waals surface area contributed by atoms with Gasteiger partial charge >= 0.3 is 0 Å². The second kappa shape index (κ2) is 6.20. The third-order valence-electron chi connectivity index (χ3n) is 2.70. The van der Waals surface area contributed by atoms with E-state index in [0.717, 1.165) is 15.7 Å². The fourth-order valence-electron chi connectivity index (χ4n) is 1.83. The van der Waals surface area contributed by atoms with Crippen LogP contribution in [0.25, 0.3) is 0 Å². The number of aliphatic hydroxyl groups excluding tert-OH is 1. The Labute approximate surface area is 116 Å². The summed E-state index contributed by atoms with van der Waals surface area (Å²) in [5.74, 6) is -0.389. The van der Waals surface area contributed by atoms with Gasteiger partial charge in [0.25, 0.3) is 0 Å². The van der Waals surface area contributed by atoms with Crippen molar-refractivity contribution in [3.8, 4) is 0 Å². The van der Waals surface area contributed by atoms with Crippen molar-refractivity contribution in [2.75, 3.05) is 11.4 Å². The maximum Gasteiger partial charge on any atom is 0.236 e. The predicted octanol–water partition coefficient (Wildman–Crippen LogP) is 2.20. The molecule has 1 rings (SSSR count). The zero-order valence-electron chi connectivity index (χ0n) is 10.9. The number of benzene rings is 1. The standard InChI is InChI=1S/C13H19BrN2O2/c1-8(2)16(7-13(15)18)12-6-10(14)4-5-11(12)9(3)17/h4-6,8-9,17H,7H2,1-3H3,(H2,15,18). The Hall–Kier alpha value is -1.07. The lowest BCUT2D eigenvalue weighted by Crippen LogP contribution is -2.39. The molecule has 1 atom stereocenters. The van der Waals surface area contributed by atoms with Gasteiger partial charge in [0.15, 0.2) is 0 Å². The highest BCUT2D eigenvalue weighted by Gasteiger charge is 2.18. The first-order valence-electron chi connectivity index (χ1n) is 5.85. The van der Waals surface area contributed by atoms with E-state index in [1.165, 1.54) is 0 Å². The Balaban J connectivity index is 3.24. The van der Waals surface area contributed by atoms with Crippen LogP contribution in [0.2, 0.25) is 0 Å². The highest BCUT2D eigenvalue weighted by atomic mass is 79.9. The minimum atomic E-state index is -0.595. The topological polar surface area (TPSA) is 66.6 Å². The summed E-state index contributed by atoms with van der Waals surface area (Å²) in [7, 11) is 0. The molecular formula is C13H19BrN2O2. The zero-order chi connectivity index (χ0) is 13.9. The second-order valence-corrected chi connectivity index (χ2v) is 5.48. The van der Waals surface area contributed by atoms with E-state index in [9.17, 15) is 9.90 Å². The van der Waals surface area contributed by atoms with Crippen molar-refractivity contribution < 1.29 is 9.90 Å². The molecule has 1 amide bonds. The van der Waals surface area contributed by atoms with Gasteiger partial charge in [-0.25, -0.2) is 0 Å². The number of rotatable bonds is 5. The number of primary amides is 1.